The van der Waals surface area contributed by atoms with Gasteiger partial charge in [-0.25, -0.2) is 0 Å². The molecule has 0 bridgehead atoms. The molecule has 6 heteroatoms. The number of carbonyl (C=O) groups is 2. The standard InChI is InChI=1S/C13H26N2O4/c1-5-19-12(16)9-15(10(2)3)13(17)11(14)7-6-8-18-4/h10-11H,5-9,14H2,1-4H3. The zero-order valence-corrected chi connectivity index (χ0v) is 12.3. The number of methoxy groups -OCH3 is 1. The Labute approximate surface area is 115 Å². The van der Waals surface area contributed by atoms with Gasteiger partial charge in [-0.3, -0.25) is 9.59 Å². The molecule has 6 nitrogen and oxygen atoms in total. The summed E-state index contributed by atoms with van der Waals surface area (Å²) >= 11 is 0. The van der Waals surface area contributed by atoms with Gasteiger partial charge in [-0.1, -0.05) is 0 Å². The Hall–Kier alpha value is -1.14. The van der Waals surface area contributed by atoms with Crippen molar-refractivity contribution in [3.05, 3.63) is 0 Å². The van der Waals surface area contributed by atoms with E-state index in [4.69, 9.17) is 15.2 Å². The van der Waals surface area contributed by atoms with E-state index in [9.17, 15) is 9.59 Å². The van der Waals surface area contributed by atoms with Crippen LogP contribution in [0.5, 0.6) is 0 Å². The minimum atomic E-state index is -0.605. The van der Waals surface area contributed by atoms with Gasteiger partial charge in [-0.05, 0) is 33.6 Å². The van der Waals surface area contributed by atoms with Crippen molar-refractivity contribution in [3.63, 3.8) is 0 Å². The van der Waals surface area contributed by atoms with E-state index in [1.165, 1.54) is 4.90 Å². The highest BCUT2D eigenvalue weighted by atomic mass is 16.5. The number of carbonyl (C=O) groups excluding carboxylic acids is 2. The van der Waals surface area contributed by atoms with Crippen LogP contribution in [-0.2, 0) is 19.1 Å². The van der Waals surface area contributed by atoms with Crippen LogP contribution >= 0.6 is 0 Å². The van der Waals surface area contributed by atoms with E-state index >= 15 is 0 Å². The molecule has 0 aliphatic rings. The summed E-state index contributed by atoms with van der Waals surface area (Å²) < 4.78 is 9.78. The lowest BCUT2D eigenvalue weighted by molar-refractivity contribution is -0.150. The Morgan fingerprint density at radius 3 is 2.42 bits per heavy atom. The van der Waals surface area contributed by atoms with Crippen LogP contribution < -0.4 is 5.73 Å². The van der Waals surface area contributed by atoms with E-state index < -0.39 is 12.0 Å². The molecule has 1 atom stereocenters. The van der Waals surface area contributed by atoms with Crippen molar-refractivity contribution in [2.75, 3.05) is 26.9 Å². The van der Waals surface area contributed by atoms with Gasteiger partial charge in [0.15, 0.2) is 0 Å². The fourth-order valence-corrected chi connectivity index (χ4v) is 1.64. The first-order valence-corrected chi connectivity index (χ1v) is 6.64. The summed E-state index contributed by atoms with van der Waals surface area (Å²) in [5.41, 5.74) is 5.85. The lowest BCUT2D eigenvalue weighted by Crippen LogP contribution is -2.49. The van der Waals surface area contributed by atoms with Gasteiger partial charge >= 0.3 is 5.97 Å². The second-order valence-corrected chi connectivity index (χ2v) is 4.61. The third kappa shape index (κ3) is 7.12. The third-order valence-electron chi connectivity index (χ3n) is 2.69. The number of hydrogen-bond acceptors (Lipinski definition) is 5. The van der Waals surface area contributed by atoms with Gasteiger partial charge in [0.05, 0.1) is 12.6 Å². The summed E-state index contributed by atoms with van der Waals surface area (Å²) in [6, 6.07) is -0.697. The van der Waals surface area contributed by atoms with Gasteiger partial charge in [0.25, 0.3) is 0 Å². The highest BCUT2D eigenvalue weighted by molar-refractivity contribution is 5.85. The molecule has 0 radical (unpaired) electrons. The fraction of sp³-hybridized carbons (Fsp3) is 0.846. The molecule has 0 fully saturated rings. The molecule has 0 rings (SSSR count). The summed E-state index contributed by atoms with van der Waals surface area (Å²) in [4.78, 5) is 25.1. The van der Waals surface area contributed by atoms with Crippen LogP contribution in [0.3, 0.4) is 0 Å². The van der Waals surface area contributed by atoms with Crippen molar-refractivity contribution in [1.82, 2.24) is 4.90 Å². The zero-order chi connectivity index (χ0) is 14.8. The molecule has 0 saturated heterocycles. The highest BCUT2D eigenvalue weighted by Gasteiger charge is 2.25. The first kappa shape index (κ1) is 17.9. The largest absolute Gasteiger partial charge is 0.465 e. The lowest BCUT2D eigenvalue weighted by Gasteiger charge is -2.28. The molecule has 0 saturated carbocycles. The molecule has 1 unspecified atom stereocenters. The maximum Gasteiger partial charge on any atom is 0.325 e. The van der Waals surface area contributed by atoms with Crippen LogP contribution in [0.2, 0.25) is 0 Å². The molecule has 0 aliphatic carbocycles. The van der Waals surface area contributed by atoms with E-state index in [2.05, 4.69) is 0 Å². The monoisotopic (exact) mass is 274 g/mol. The molecular formula is C13H26N2O4. The summed E-state index contributed by atoms with van der Waals surface area (Å²) in [6.07, 6.45) is 1.26. The SMILES string of the molecule is CCOC(=O)CN(C(=O)C(N)CCCOC)C(C)C. The Balaban J connectivity index is 4.43. The van der Waals surface area contributed by atoms with Crippen LogP contribution in [0.4, 0.5) is 0 Å². The Morgan fingerprint density at radius 1 is 1.32 bits per heavy atom. The molecule has 0 aromatic heterocycles. The summed E-state index contributed by atoms with van der Waals surface area (Å²) in [5.74, 6) is -0.632. The maximum atomic E-state index is 12.2. The maximum absolute atomic E-state index is 12.2. The molecular weight excluding hydrogens is 248 g/mol. The van der Waals surface area contributed by atoms with E-state index in [1.54, 1.807) is 14.0 Å². The second-order valence-electron chi connectivity index (χ2n) is 4.61. The molecule has 112 valence electrons. The molecule has 19 heavy (non-hydrogen) atoms. The van der Waals surface area contributed by atoms with Crippen LogP contribution in [0.15, 0.2) is 0 Å². The van der Waals surface area contributed by atoms with Crippen molar-refractivity contribution < 1.29 is 19.1 Å². The van der Waals surface area contributed by atoms with Crippen LogP contribution in [0.25, 0.3) is 0 Å². The normalized spacial score (nSPS) is 12.3. The first-order chi connectivity index (χ1) is 8.93. The molecule has 0 aromatic rings. The molecule has 0 spiro atoms. The summed E-state index contributed by atoms with van der Waals surface area (Å²) in [5, 5.41) is 0. The predicted octanol–water partition coefficient (Wildman–Crippen LogP) is 0.540. The first-order valence-electron chi connectivity index (χ1n) is 6.64. The molecule has 1 amide bonds. The molecule has 2 N–H and O–H groups in total. The number of esters is 1. The van der Waals surface area contributed by atoms with Crippen molar-refractivity contribution >= 4 is 11.9 Å². The van der Waals surface area contributed by atoms with Crippen molar-refractivity contribution in [2.24, 2.45) is 5.73 Å². The molecule has 0 aromatic carbocycles. The van der Waals surface area contributed by atoms with Gasteiger partial charge in [0, 0.05) is 19.8 Å². The fourth-order valence-electron chi connectivity index (χ4n) is 1.64. The number of rotatable bonds is 9. The van der Waals surface area contributed by atoms with E-state index in [-0.39, 0.29) is 18.5 Å². The summed E-state index contributed by atoms with van der Waals surface area (Å²) in [7, 11) is 1.61. The van der Waals surface area contributed by atoms with E-state index in [1.807, 2.05) is 13.8 Å². The van der Waals surface area contributed by atoms with Gasteiger partial charge in [0.1, 0.15) is 6.54 Å². The average Bonchev–Trinajstić information content (AvgIpc) is 2.35. The average molecular weight is 274 g/mol. The number of nitrogens with zero attached hydrogens (tertiary/aromatic N) is 1. The Bertz CT molecular complexity index is 282. The second kappa shape index (κ2) is 9.75. The van der Waals surface area contributed by atoms with Crippen molar-refractivity contribution in [3.8, 4) is 0 Å². The van der Waals surface area contributed by atoms with Crippen molar-refractivity contribution in [1.29, 1.82) is 0 Å². The summed E-state index contributed by atoms with van der Waals surface area (Å²) in [6.45, 7) is 6.25. The van der Waals surface area contributed by atoms with Gasteiger partial charge in [-0.2, -0.15) is 0 Å². The molecule has 0 aliphatic heterocycles. The quantitative estimate of drug-likeness (QED) is 0.490. The number of ether oxygens (including phenoxy) is 2. The Morgan fingerprint density at radius 2 is 1.95 bits per heavy atom. The predicted molar refractivity (Wildman–Crippen MR) is 72.6 cm³/mol. The van der Waals surface area contributed by atoms with Gasteiger partial charge < -0.3 is 20.1 Å². The number of amides is 1. The van der Waals surface area contributed by atoms with Crippen LogP contribution in [0, 0.1) is 0 Å². The van der Waals surface area contributed by atoms with Crippen LogP contribution in [0.1, 0.15) is 33.6 Å². The minimum Gasteiger partial charge on any atom is -0.465 e. The molecule has 0 heterocycles. The van der Waals surface area contributed by atoms with Crippen LogP contribution in [-0.4, -0.2) is 55.7 Å². The van der Waals surface area contributed by atoms with E-state index in [0.717, 1.165) is 6.42 Å². The highest BCUT2D eigenvalue weighted by Crippen LogP contribution is 2.06. The van der Waals surface area contributed by atoms with Gasteiger partial charge in [0.2, 0.25) is 5.91 Å². The zero-order valence-electron chi connectivity index (χ0n) is 12.3. The van der Waals surface area contributed by atoms with Gasteiger partial charge in [-0.15, -0.1) is 0 Å². The number of hydrogen-bond donors (Lipinski definition) is 1. The lowest BCUT2D eigenvalue weighted by atomic mass is 10.1. The van der Waals surface area contributed by atoms with Crippen molar-refractivity contribution in [2.45, 2.75) is 45.7 Å². The third-order valence-corrected chi connectivity index (χ3v) is 2.69. The topological polar surface area (TPSA) is 81.9 Å². The minimum absolute atomic E-state index is 0.0533. The number of nitrogens with two attached hydrogens (primary N) is 1. The smallest absolute Gasteiger partial charge is 0.325 e. The Kier molecular flexibility index (Phi) is 9.16. The van der Waals surface area contributed by atoms with E-state index in [0.29, 0.717) is 19.6 Å².